The first-order valence-electron chi connectivity index (χ1n) is 7.85. The summed E-state index contributed by atoms with van der Waals surface area (Å²) in [4.78, 5) is 0. The van der Waals surface area contributed by atoms with Gasteiger partial charge < -0.3 is 0 Å². The van der Waals surface area contributed by atoms with Gasteiger partial charge in [0.25, 0.3) is 0 Å². The fourth-order valence-electron chi connectivity index (χ4n) is 2.56. The molecular formula is C13H34Si3. The first kappa shape index (κ1) is 16.7. The van der Waals surface area contributed by atoms with Gasteiger partial charge >= 0.3 is 0 Å². The lowest BCUT2D eigenvalue weighted by Gasteiger charge is -2.13. The minimum absolute atomic E-state index is 0.118. The maximum Gasteiger partial charge on any atom is 0.0210 e. The Morgan fingerprint density at radius 3 is 1.62 bits per heavy atom. The maximum absolute atomic E-state index is 2.57. The van der Waals surface area contributed by atoms with Gasteiger partial charge in [-0.3, -0.25) is 0 Å². The van der Waals surface area contributed by atoms with Crippen LogP contribution in [0.3, 0.4) is 0 Å². The smallest absolute Gasteiger partial charge is 0.0210 e. The SMILES string of the molecule is CCCCCC[SiH](CCCCCC)[SiH2][SiH2]C. The predicted octanol–water partition coefficient (Wildman–Crippen LogP) is 3.17. The third-order valence-corrected chi connectivity index (χ3v) is 26.6. The van der Waals surface area contributed by atoms with Crippen LogP contribution in [0.25, 0.3) is 0 Å². The third-order valence-electron chi connectivity index (χ3n) is 3.63. The van der Waals surface area contributed by atoms with Crippen molar-refractivity contribution in [3.8, 4) is 0 Å². The minimum Gasteiger partial charge on any atom is -0.0773 e. The Balaban J connectivity index is 3.45. The summed E-state index contributed by atoms with van der Waals surface area (Å²) < 4.78 is 0. The molecule has 0 aliphatic heterocycles. The molecule has 0 aliphatic carbocycles. The van der Waals surface area contributed by atoms with E-state index in [9.17, 15) is 0 Å². The van der Waals surface area contributed by atoms with Crippen molar-refractivity contribution in [1.82, 2.24) is 0 Å². The van der Waals surface area contributed by atoms with Gasteiger partial charge in [0.1, 0.15) is 0 Å². The van der Waals surface area contributed by atoms with Crippen LogP contribution in [-0.4, -0.2) is 25.9 Å². The molecule has 0 radical (unpaired) electrons. The summed E-state index contributed by atoms with van der Waals surface area (Å²) in [6.45, 7) is 7.23. The quantitative estimate of drug-likeness (QED) is 0.379. The average Bonchev–Trinajstić information content (AvgIpc) is 2.30. The molecule has 0 heterocycles. The molecule has 0 N–H and O–H groups in total. The van der Waals surface area contributed by atoms with Gasteiger partial charge in [0.05, 0.1) is 0 Å². The summed E-state index contributed by atoms with van der Waals surface area (Å²) in [5.74, 6) is 0. The van der Waals surface area contributed by atoms with Crippen molar-refractivity contribution in [3.05, 3.63) is 0 Å². The summed E-state index contributed by atoms with van der Waals surface area (Å²) in [7, 11) is 0.915. The molecule has 0 rings (SSSR count). The molecule has 16 heavy (non-hydrogen) atoms. The first-order valence-corrected chi connectivity index (χ1v) is 18.2. The maximum atomic E-state index is 2.57. The fraction of sp³-hybridized carbons (Fsp3) is 1.00. The summed E-state index contributed by atoms with van der Waals surface area (Å²) in [5, 5.41) is 0. The fourth-order valence-corrected chi connectivity index (χ4v) is 24.4. The van der Waals surface area contributed by atoms with Crippen LogP contribution in [0.2, 0.25) is 18.6 Å². The van der Waals surface area contributed by atoms with Crippen molar-refractivity contribution >= 4 is 25.9 Å². The van der Waals surface area contributed by atoms with E-state index >= 15 is 0 Å². The standard InChI is InChI=1S/C13H34Si3/c1-4-6-8-10-12-16(15-14-3)13-11-9-7-5-2/h16H,4-15H2,1-3H3. The van der Waals surface area contributed by atoms with E-state index in [4.69, 9.17) is 0 Å². The summed E-state index contributed by atoms with van der Waals surface area (Å²) >= 11 is 0. The first-order chi connectivity index (χ1) is 7.85. The molecule has 3 heteroatoms. The molecule has 0 saturated heterocycles. The number of hydrogen-bond acceptors (Lipinski definition) is 0. The highest BCUT2D eigenvalue weighted by Crippen LogP contribution is 2.12. The van der Waals surface area contributed by atoms with Crippen LogP contribution < -0.4 is 0 Å². The van der Waals surface area contributed by atoms with Crippen molar-refractivity contribution in [2.75, 3.05) is 0 Å². The number of hydrogen-bond donors (Lipinski definition) is 0. The van der Waals surface area contributed by atoms with Crippen molar-refractivity contribution in [3.63, 3.8) is 0 Å². The zero-order valence-corrected chi connectivity index (χ0v) is 16.0. The lowest BCUT2D eigenvalue weighted by atomic mass is 10.2. The normalized spacial score (nSPS) is 12.8. The van der Waals surface area contributed by atoms with E-state index in [2.05, 4.69) is 20.4 Å². The van der Waals surface area contributed by atoms with Gasteiger partial charge in [-0.25, -0.2) is 0 Å². The van der Waals surface area contributed by atoms with Crippen molar-refractivity contribution in [2.24, 2.45) is 0 Å². The molecule has 0 fully saturated rings. The van der Waals surface area contributed by atoms with Gasteiger partial charge in [-0.05, 0) is 0 Å². The zero-order valence-electron chi connectivity index (χ0n) is 12.1. The van der Waals surface area contributed by atoms with Gasteiger partial charge in [0, 0.05) is 25.9 Å². The van der Waals surface area contributed by atoms with Gasteiger partial charge in [-0.2, -0.15) is 0 Å². The molecule has 0 aliphatic rings. The number of rotatable bonds is 12. The minimum atomic E-state index is -0.118. The topological polar surface area (TPSA) is 0 Å². The molecule has 0 unspecified atom stereocenters. The van der Waals surface area contributed by atoms with Crippen molar-refractivity contribution < 1.29 is 0 Å². The highest BCUT2D eigenvalue weighted by molar-refractivity contribution is 7.35. The Hall–Kier alpha value is 0.651. The Kier molecular flexibility index (Phi) is 14.3. The molecule has 0 atom stereocenters. The second-order valence-electron chi connectivity index (χ2n) is 5.35. The highest BCUT2D eigenvalue weighted by Gasteiger charge is 2.09. The second-order valence-corrected chi connectivity index (χ2v) is 23.2. The Morgan fingerprint density at radius 2 is 1.25 bits per heavy atom. The van der Waals surface area contributed by atoms with Crippen molar-refractivity contribution in [2.45, 2.75) is 83.8 Å². The Bertz CT molecular complexity index is 116. The summed E-state index contributed by atoms with van der Waals surface area (Å²) in [5.41, 5.74) is 0. The molecule has 0 aromatic rings. The van der Waals surface area contributed by atoms with Gasteiger partial charge in [-0.15, -0.1) is 0 Å². The van der Waals surface area contributed by atoms with E-state index in [1.165, 1.54) is 38.5 Å². The van der Waals surface area contributed by atoms with Crippen LogP contribution in [0.1, 0.15) is 65.2 Å². The van der Waals surface area contributed by atoms with Crippen LogP contribution >= 0.6 is 0 Å². The largest absolute Gasteiger partial charge is 0.0773 e. The van der Waals surface area contributed by atoms with E-state index < -0.39 is 0 Å². The second kappa shape index (κ2) is 13.7. The third kappa shape index (κ3) is 11.1. The molecule has 0 amide bonds. The lowest BCUT2D eigenvalue weighted by molar-refractivity contribution is 0.688. The Labute approximate surface area is 110 Å². The van der Waals surface area contributed by atoms with Crippen LogP contribution in [0, 0.1) is 0 Å². The van der Waals surface area contributed by atoms with E-state index in [0.717, 1.165) is 0 Å². The van der Waals surface area contributed by atoms with E-state index in [0.29, 0.717) is 17.6 Å². The van der Waals surface area contributed by atoms with Gasteiger partial charge in [0.2, 0.25) is 0 Å². The van der Waals surface area contributed by atoms with E-state index in [1.54, 1.807) is 24.9 Å². The monoisotopic (exact) mass is 274 g/mol. The molecule has 98 valence electrons. The molecule has 0 aromatic carbocycles. The van der Waals surface area contributed by atoms with E-state index in [1.807, 2.05) is 0 Å². The lowest BCUT2D eigenvalue weighted by Crippen LogP contribution is -2.25. The van der Waals surface area contributed by atoms with E-state index in [-0.39, 0.29) is 8.31 Å². The molecular weight excluding hydrogens is 240 g/mol. The van der Waals surface area contributed by atoms with Crippen LogP contribution in [0.15, 0.2) is 0 Å². The molecule has 0 saturated carbocycles. The van der Waals surface area contributed by atoms with Gasteiger partial charge in [-0.1, -0.05) is 83.8 Å². The summed E-state index contributed by atoms with van der Waals surface area (Å²) in [6.07, 6.45) is 12.1. The molecule has 0 aromatic heterocycles. The predicted molar refractivity (Wildman–Crippen MR) is 88.0 cm³/mol. The highest BCUT2D eigenvalue weighted by atomic mass is 29.5. The van der Waals surface area contributed by atoms with Gasteiger partial charge in [0.15, 0.2) is 0 Å². The van der Waals surface area contributed by atoms with Crippen LogP contribution in [0.4, 0.5) is 0 Å². The molecule has 0 nitrogen and oxygen atoms in total. The zero-order chi connectivity index (χ0) is 12.1. The number of unbranched alkanes of at least 4 members (excludes halogenated alkanes) is 6. The Morgan fingerprint density at radius 1 is 0.750 bits per heavy atom. The van der Waals surface area contributed by atoms with Crippen LogP contribution in [0.5, 0.6) is 0 Å². The summed E-state index contributed by atoms with van der Waals surface area (Å²) in [6, 6.07) is 3.47. The van der Waals surface area contributed by atoms with Crippen molar-refractivity contribution in [1.29, 1.82) is 0 Å². The molecule has 0 spiro atoms. The molecule has 0 bridgehead atoms. The van der Waals surface area contributed by atoms with Crippen LogP contribution in [-0.2, 0) is 0 Å². The average molecular weight is 275 g/mol.